The van der Waals surface area contributed by atoms with Crippen molar-refractivity contribution in [1.82, 2.24) is 10.2 Å². The molecule has 0 aromatic heterocycles. The van der Waals surface area contributed by atoms with Crippen molar-refractivity contribution in [3.63, 3.8) is 0 Å². The molecule has 0 spiro atoms. The summed E-state index contributed by atoms with van der Waals surface area (Å²) >= 11 is 0. The van der Waals surface area contributed by atoms with E-state index >= 15 is 0 Å². The summed E-state index contributed by atoms with van der Waals surface area (Å²) in [4.78, 5) is 27.4. The van der Waals surface area contributed by atoms with Crippen molar-refractivity contribution in [3.05, 3.63) is 65.2 Å². The highest BCUT2D eigenvalue weighted by Crippen LogP contribution is 2.34. The van der Waals surface area contributed by atoms with Crippen LogP contribution in [0.5, 0.6) is 0 Å². The quantitative estimate of drug-likeness (QED) is 0.613. The van der Waals surface area contributed by atoms with Gasteiger partial charge >= 0.3 is 0 Å². The van der Waals surface area contributed by atoms with Gasteiger partial charge in [0, 0.05) is 48.7 Å². The number of rotatable bonds is 9. The number of hydrogen-bond donors (Lipinski definition) is 2. The van der Waals surface area contributed by atoms with Gasteiger partial charge in [0.05, 0.1) is 0 Å². The Morgan fingerprint density at radius 2 is 1.90 bits per heavy atom. The van der Waals surface area contributed by atoms with Crippen molar-refractivity contribution in [2.45, 2.75) is 39.4 Å². The summed E-state index contributed by atoms with van der Waals surface area (Å²) < 4.78 is 5.16. The summed E-state index contributed by atoms with van der Waals surface area (Å²) in [5.41, 5.74) is 3.05. The first-order valence-corrected chi connectivity index (χ1v) is 10.5. The number of anilines is 1. The molecule has 0 radical (unpaired) electrons. The third-order valence-corrected chi connectivity index (χ3v) is 5.59. The molecule has 2 amide bonds. The fourth-order valence-corrected chi connectivity index (χ4v) is 3.50. The van der Waals surface area contributed by atoms with Crippen molar-refractivity contribution in [2.75, 3.05) is 25.6 Å². The SMILES string of the molecule is COCCCN1C(=O)c2ccccc2[C@@H]1Nc1cccc(C(=O)N[C@@H](C)C(C)C)c1. The maximum absolute atomic E-state index is 12.9. The number of benzene rings is 2. The predicted molar refractivity (Wildman–Crippen MR) is 119 cm³/mol. The van der Waals surface area contributed by atoms with E-state index in [1.165, 1.54) is 0 Å². The highest BCUT2D eigenvalue weighted by molar-refractivity contribution is 5.99. The molecule has 1 aliphatic heterocycles. The molecule has 6 nitrogen and oxygen atoms in total. The average molecular weight is 410 g/mol. The van der Waals surface area contributed by atoms with Crippen molar-refractivity contribution in [3.8, 4) is 0 Å². The predicted octanol–water partition coefficient (Wildman–Crippen LogP) is 4.06. The summed E-state index contributed by atoms with van der Waals surface area (Å²) in [5.74, 6) is 0.274. The summed E-state index contributed by atoms with van der Waals surface area (Å²) in [5, 5.41) is 6.50. The van der Waals surface area contributed by atoms with Gasteiger partial charge in [-0.05, 0) is 43.5 Å². The van der Waals surface area contributed by atoms with Crippen molar-refractivity contribution in [2.24, 2.45) is 5.92 Å². The largest absolute Gasteiger partial charge is 0.385 e. The molecule has 2 atom stereocenters. The fourth-order valence-electron chi connectivity index (χ4n) is 3.50. The van der Waals surface area contributed by atoms with E-state index in [2.05, 4.69) is 24.5 Å². The Bertz CT molecular complexity index is 897. The van der Waals surface area contributed by atoms with Gasteiger partial charge in [-0.1, -0.05) is 38.1 Å². The molecule has 0 unspecified atom stereocenters. The number of hydrogen-bond acceptors (Lipinski definition) is 4. The van der Waals surface area contributed by atoms with E-state index in [0.717, 1.165) is 17.7 Å². The third kappa shape index (κ3) is 4.82. The monoisotopic (exact) mass is 409 g/mol. The van der Waals surface area contributed by atoms with Gasteiger partial charge in [0.2, 0.25) is 0 Å². The summed E-state index contributed by atoms with van der Waals surface area (Å²) in [6, 6.07) is 15.2. The number of amides is 2. The summed E-state index contributed by atoms with van der Waals surface area (Å²) in [6.07, 6.45) is 0.475. The lowest BCUT2D eigenvalue weighted by Crippen LogP contribution is -2.36. The Morgan fingerprint density at radius 3 is 2.63 bits per heavy atom. The van der Waals surface area contributed by atoms with Crippen LogP contribution in [0, 0.1) is 5.92 Å². The van der Waals surface area contributed by atoms with E-state index in [9.17, 15) is 9.59 Å². The fraction of sp³-hybridized carbons (Fsp3) is 0.417. The molecule has 2 aromatic rings. The zero-order chi connectivity index (χ0) is 21.7. The Hall–Kier alpha value is -2.86. The number of methoxy groups -OCH3 is 1. The van der Waals surface area contributed by atoms with Gasteiger partial charge in [-0.3, -0.25) is 9.59 Å². The summed E-state index contributed by atoms with van der Waals surface area (Å²) in [6.45, 7) is 7.34. The van der Waals surface area contributed by atoms with Crippen LogP contribution in [0.25, 0.3) is 0 Å². The lowest BCUT2D eigenvalue weighted by molar-refractivity contribution is 0.0721. The van der Waals surface area contributed by atoms with Crippen molar-refractivity contribution < 1.29 is 14.3 Å². The zero-order valence-electron chi connectivity index (χ0n) is 18.1. The molecule has 0 bridgehead atoms. The Morgan fingerprint density at radius 1 is 1.13 bits per heavy atom. The van der Waals surface area contributed by atoms with Gasteiger partial charge in [-0.25, -0.2) is 0 Å². The minimum Gasteiger partial charge on any atom is -0.385 e. The van der Waals surface area contributed by atoms with E-state index in [4.69, 9.17) is 4.74 Å². The minimum atomic E-state index is -0.279. The van der Waals surface area contributed by atoms with Crippen LogP contribution >= 0.6 is 0 Å². The van der Waals surface area contributed by atoms with Gasteiger partial charge < -0.3 is 20.3 Å². The minimum absolute atomic E-state index is 0.0128. The maximum Gasteiger partial charge on any atom is 0.256 e. The molecule has 2 N–H and O–H groups in total. The highest BCUT2D eigenvalue weighted by atomic mass is 16.5. The molecule has 2 aromatic carbocycles. The second-order valence-corrected chi connectivity index (χ2v) is 8.07. The van der Waals surface area contributed by atoms with Gasteiger partial charge in [0.25, 0.3) is 11.8 Å². The van der Waals surface area contributed by atoms with Crippen LogP contribution in [0.15, 0.2) is 48.5 Å². The molecule has 6 heteroatoms. The Balaban J connectivity index is 1.81. The van der Waals surface area contributed by atoms with Crippen LogP contribution in [0.2, 0.25) is 0 Å². The normalized spacial score (nSPS) is 16.5. The lowest BCUT2D eigenvalue weighted by atomic mass is 10.1. The third-order valence-electron chi connectivity index (χ3n) is 5.59. The molecule has 1 heterocycles. The van der Waals surface area contributed by atoms with Gasteiger partial charge in [-0.15, -0.1) is 0 Å². The van der Waals surface area contributed by atoms with Crippen LogP contribution in [-0.2, 0) is 4.74 Å². The Kier molecular flexibility index (Phi) is 7.11. The highest BCUT2D eigenvalue weighted by Gasteiger charge is 2.36. The second kappa shape index (κ2) is 9.76. The second-order valence-electron chi connectivity index (χ2n) is 8.07. The topological polar surface area (TPSA) is 70.7 Å². The number of nitrogens with one attached hydrogen (secondary N) is 2. The Labute approximate surface area is 178 Å². The summed E-state index contributed by atoms with van der Waals surface area (Å²) in [7, 11) is 1.66. The van der Waals surface area contributed by atoms with Gasteiger partial charge in [0.15, 0.2) is 0 Å². The first-order chi connectivity index (χ1) is 14.4. The van der Waals surface area contributed by atoms with E-state index < -0.39 is 0 Å². The number of carbonyl (C=O) groups excluding carboxylic acids is 2. The molecule has 0 fully saturated rings. The van der Waals surface area contributed by atoms with Crippen LogP contribution in [0.3, 0.4) is 0 Å². The molecular formula is C24H31N3O3. The number of nitrogens with zero attached hydrogens (tertiary/aromatic N) is 1. The zero-order valence-corrected chi connectivity index (χ0v) is 18.1. The number of carbonyl (C=O) groups is 2. The van der Waals surface area contributed by atoms with Gasteiger partial charge in [0.1, 0.15) is 6.17 Å². The van der Waals surface area contributed by atoms with Crippen LogP contribution < -0.4 is 10.6 Å². The molecule has 0 saturated heterocycles. The average Bonchev–Trinajstić information content (AvgIpc) is 3.00. The molecule has 160 valence electrons. The van der Waals surface area contributed by atoms with E-state index in [-0.39, 0.29) is 24.0 Å². The first kappa shape index (κ1) is 21.8. The van der Waals surface area contributed by atoms with Crippen LogP contribution in [0.4, 0.5) is 5.69 Å². The molecule has 0 aliphatic carbocycles. The first-order valence-electron chi connectivity index (χ1n) is 10.5. The molecule has 3 rings (SSSR count). The standard InChI is InChI=1S/C24H31N3O3/c1-16(2)17(3)25-23(28)18-9-7-10-19(15-18)26-22-20-11-5-6-12-21(20)24(29)27(22)13-8-14-30-4/h5-7,9-12,15-17,22,26H,8,13-14H2,1-4H3,(H,25,28)/t17-,22+/m0/s1. The smallest absolute Gasteiger partial charge is 0.256 e. The van der Waals surface area contributed by atoms with E-state index in [0.29, 0.717) is 30.2 Å². The molecular weight excluding hydrogens is 378 g/mol. The number of ether oxygens (including phenoxy) is 1. The number of fused-ring (bicyclic) bond motifs is 1. The van der Waals surface area contributed by atoms with Crippen molar-refractivity contribution >= 4 is 17.5 Å². The molecule has 1 aliphatic rings. The van der Waals surface area contributed by atoms with Crippen LogP contribution in [-0.4, -0.2) is 43.0 Å². The van der Waals surface area contributed by atoms with Gasteiger partial charge in [-0.2, -0.15) is 0 Å². The molecule has 0 saturated carbocycles. The van der Waals surface area contributed by atoms with E-state index in [1.807, 2.05) is 54.3 Å². The van der Waals surface area contributed by atoms with Crippen molar-refractivity contribution in [1.29, 1.82) is 0 Å². The van der Waals surface area contributed by atoms with E-state index in [1.54, 1.807) is 13.2 Å². The molecule has 30 heavy (non-hydrogen) atoms. The van der Waals surface area contributed by atoms with Crippen LogP contribution in [0.1, 0.15) is 59.6 Å². The maximum atomic E-state index is 12.9. The lowest BCUT2D eigenvalue weighted by Gasteiger charge is -2.27.